The third-order valence-electron chi connectivity index (χ3n) is 2.91. The minimum absolute atomic E-state index is 0.0382. The first-order chi connectivity index (χ1) is 7.39. The van der Waals surface area contributed by atoms with Crippen LogP contribution in [0.3, 0.4) is 0 Å². The summed E-state index contributed by atoms with van der Waals surface area (Å²) in [5, 5.41) is 3.30. The van der Waals surface area contributed by atoms with Gasteiger partial charge in [0.2, 0.25) is 0 Å². The van der Waals surface area contributed by atoms with Crippen LogP contribution in [0, 0.1) is 0 Å². The van der Waals surface area contributed by atoms with E-state index in [0.717, 1.165) is 12.8 Å². The molecule has 0 rings (SSSR count). The number of alkyl halides is 1. The molecule has 0 spiro atoms. The fraction of sp³-hybridized carbons (Fsp3) is 1.00. The van der Waals surface area contributed by atoms with Crippen molar-refractivity contribution in [2.24, 2.45) is 0 Å². The highest BCUT2D eigenvalue weighted by Crippen LogP contribution is 2.14. The largest absolute Gasteiger partial charge is 0.310 e. The number of rotatable bonds is 9. The van der Waals surface area contributed by atoms with Gasteiger partial charge >= 0.3 is 0 Å². The molecule has 0 aromatic heterocycles. The molecule has 0 aromatic rings. The lowest BCUT2D eigenvalue weighted by molar-refractivity contribution is 0.342. The summed E-state index contributed by atoms with van der Waals surface area (Å²) in [5.74, 6) is 1.10. The second-order valence-electron chi connectivity index (χ2n) is 4.43. The number of hydrogen-bond donors (Lipinski definition) is 1. The zero-order chi connectivity index (χ0) is 12.7. The standard InChI is InChI=1S/C11H24ClNO2S/c1-4-9-16(14,15)10-8-13-11(3,5-2)6-7-12/h13H,4-10H2,1-3H3. The summed E-state index contributed by atoms with van der Waals surface area (Å²) in [6.07, 6.45) is 2.50. The lowest BCUT2D eigenvalue weighted by atomic mass is 9.96. The van der Waals surface area contributed by atoms with Crippen LogP contribution in [0.5, 0.6) is 0 Å². The minimum atomic E-state index is -2.87. The molecule has 1 unspecified atom stereocenters. The van der Waals surface area contributed by atoms with E-state index < -0.39 is 9.84 Å². The van der Waals surface area contributed by atoms with Crippen molar-refractivity contribution < 1.29 is 8.42 Å². The van der Waals surface area contributed by atoms with Crippen LogP contribution >= 0.6 is 11.6 Å². The van der Waals surface area contributed by atoms with E-state index >= 15 is 0 Å². The molecule has 0 heterocycles. The van der Waals surface area contributed by atoms with Gasteiger partial charge in [-0.2, -0.15) is 0 Å². The Morgan fingerprint density at radius 2 is 1.88 bits per heavy atom. The summed E-state index contributed by atoms with van der Waals surface area (Å²) < 4.78 is 23.0. The second kappa shape index (κ2) is 7.51. The molecule has 0 saturated carbocycles. The molecule has 0 amide bonds. The van der Waals surface area contributed by atoms with E-state index in [-0.39, 0.29) is 17.0 Å². The Kier molecular flexibility index (Phi) is 7.61. The molecule has 0 bridgehead atoms. The Balaban J connectivity index is 4.05. The SMILES string of the molecule is CCCS(=O)(=O)CCNC(C)(CC)CCCl. The Hall–Kier alpha value is 0.200. The van der Waals surface area contributed by atoms with Gasteiger partial charge in [0.15, 0.2) is 9.84 Å². The highest BCUT2D eigenvalue weighted by molar-refractivity contribution is 7.91. The molecule has 0 aliphatic rings. The molecule has 16 heavy (non-hydrogen) atoms. The molecule has 98 valence electrons. The number of nitrogens with one attached hydrogen (secondary N) is 1. The van der Waals surface area contributed by atoms with E-state index in [2.05, 4.69) is 19.2 Å². The van der Waals surface area contributed by atoms with Gasteiger partial charge < -0.3 is 5.32 Å². The molecule has 0 aromatic carbocycles. The van der Waals surface area contributed by atoms with Crippen molar-refractivity contribution in [1.82, 2.24) is 5.32 Å². The maximum absolute atomic E-state index is 11.5. The van der Waals surface area contributed by atoms with Crippen LogP contribution in [0.2, 0.25) is 0 Å². The lowest BCUT2D eigenvalue weighted by Gasteiger charge is -2.29. The minimum Gasteiger partial charge on any atom is -0.310 e. The fourth-order valence-corrected chi connectivity index (χ4v) is 3.18. The van der Waals surface area contributed by atoms with Crippen molar-refractivity contribution >= 4 is 21.4 Å². The highest BCUT2D eigenvalue weighted by Gasteiger charge is 2.21. The topological polar surface area (TPSA) is 46.2 Å². The molecule has 0 fully saturated rings. The number of sulfone groups is 1. The van der Waals surface area contributed by atoms with Gasteiger partial charge in [-0.1, -0.05) is 13.8 Å². The van der Waals surface area contributed by atoms with Gasteiger partial charge in [-0.15, -0.1) is 11.6 Å². The quantitative estimate of drug-likeness (QED) is 0.653. The number of halogens is 1. The van der Waals surface area contributed by atoms with Gasteiger partial charge in [0.1, 0.15) is 0 Å². The first-order valence-electron chi connectivity index (χ1n) is 5.90. The monoisotopic (exact) mass is 269 g/mol. The molecular formula is C11H24ClNO2S. The predicted molar refractivity (Wildman–Crippen MR) is 71.0 cm³/mol. The van der Waals surface area contributed by atoms with Gasteiger partial charge in [-0.25, -0.2) is 8.42 Å². The first kappa shape index (κ1) is 16.2. The van der Waals surface area contributed by atoms with Crippen LogP contribution < -0.4 is 5.32 Å². The summed E-state index contributed by atoms with van der Waals surface area (Å²) in [4.78, 5) is 0. The molecule has 1 N–H and O–H groups in total. The Bertz CT molecular complexity index is 280. The van der Waals surface area contributed by atoms with Crippen LogP contribution in [0.4, 0.5) is 0 Å². The molecule has 0 aliphatic heterocycles. The molecular weight excluding hydrogens is 246 g/mol. The van der Waals surface area contributed by atoms with Crippen molar-refractivity contribution in [3.8, 4) is 0 Å². The molecule has 0 radical (unpaired) electrons. The van der Waals surface area contributed by atoms with Crippen molar-refractivity contribution in [3.05, 3.63) is 0 Å². The van der Waals surface area contributed by atoms with E-state index in [0.29, 0.717) is 18.8 Å². The Labute approximate surface area is 105 Å². The van der Waals surface area contributed by atoms with E-state index in [1.807, 2.05) is 6.92 Å². The Morgan fingerprint density at radius 3 is 2.31 bits per heavy atom. The molecule has 1 atom stereocenters. The maximum Gasteiger partial charge on any atom is 0.151 e. The van der Waals surface area contributed by atoms with Crippen molar-refractivity contribution in [2.75, 3.05) is 23.9 Å². The summed E-state index contributed by atoms with van der Waals surface area (Å²) >= 11 is 5.73. The first-order valence-corrected chi connectivity index (χ1v) is 8.26. The van der Waals surface area contributed by atoms with Gasteiger partial charge in [0.25, 0.3) is 0 Å². The summed E-state index contributed by atoms with van der Waals surface area (Å²) in [7, 11) is -2.87. The molecule has 3 nitrogen and oxygen atoms in total. The van der Waals surface area contributed by atoms with Crippen LogP contribution in [0.1, 0.15) is 40.0 Å². The predicted octanol–water partition coefficient (Wildman–Crippen LogP) is 2.20. The van der Waals surface area contributed by atoms with Gasteiger partial charge in [0.05, 0.1) is 5.75 Å². The summed E-state index contributed by atoms with van der Waals surface area (Å²) in [6.45, 7) is 6.57. The second-order valence-corrected chi connectivity index (χ2v) is 7.11. The molecule has 5 heteroatoms. The molecule has 0 saturated heterocycles. The zero-order valence-corrected chi connectivity index (χ0v) is 12.1. The molecule has 0 aliphatic carbocycles. The smallest absolute Gasteiger partial charge is 0.151 e. The van der Waals surface area contributed by atoms with Gasteiger partial charge in [-0.3, -0.25) is 0 Å². The lowest BCUT2D eigenvalue weighted by Crippen LogP contribution is -2.44. The van der Waals surface area contributed by atoms with Gasteiger partial charge in [0, 0.05) is 23.7 Å². The van der Waals surface area contributed by atoms with Crippen molar-refractivity contribution in [1.29, 1.82) is 0 Å². The van der Waals surface area contributed by atoms with Crippen LogP contribution in [0.25, 0.3) is 0 Å². The van der Waals surface area contributed by atoms with E-state index in [1.165, 1.54) is 0 Å². The van der Waals surface area contributed by atoms with Crippen molar-refractivity contribution in [3.63, 3.8) is 0 Å². The average molecular weight is 270 g/mol. The zero-order valence-electron chi connectivity index (χ0n) is 10.6. The highest BCUT2D eigenvalue weighted by atomic mass is 35.5. The van der Waals surface area contributed by atoms with Crippen LogP contribution in [0.15, 0.2) is 0 Å². The van der Waals surface area contributed by atoms with Crippen LogP contribution in [-0.4, -0.2) is 37.9 Å². The van der Waals surface area contributed by atoms with E-state index in [1.54, 1.807) is 0 Å². The average Bonchev–Trinajstić information content (AvgIpc) is 2.17. The van der Waals surface area contributed by atoms with Crippen molar-refractivity contribution in [2.45, 2.75) is 45.6 Å². The third-order valence-corrected chi connectivity index (χ3v) is 4.95. The Morgan fingerprint density at radius 1 is 1.25 bits per heavy atom. The normalized spacial score (nSPS) is 16.0. The number of hydrogen-bond acceptors (Lipinski definition) is 3. The van der Waals surface area contributed by atoms with Crippen LogP contribution in [-0.2, 0) is 9.84 Å². The van der Waals surface area contributed by atoms with E-state index in [9.17, 15) is 8.42 Å². The fourth-order valence-electron chi connectivity index (χ4n) is 1.52. The van der Waals surface area contributed by atoms with E-state index in [4.69, 9.17) is 11.6 Å². The maximum atomic E-state index is 11.5. The van der Waals surface area contributed by atoms with Gasteiger partial charge in [-0.05, 0) is 26.2 Å². The summed E-state index contributed by atoms with van der Waals surface area (Å²) in [5.41, 5.74) is -0.0382. The third kappa shape index (κ3) is 6.71. The summed E-state index contributed by atoms with van der Waals surface area (Å²) in [6, 6.07) is 0.